The summed E-state index contributed by atoms with van der Waals surface area (Å²) in [7, 11) is 0. The van der Waals surface area contributed by atoms with Gasteiger partial charge in [0.15, 0.2) is 5.17 Å². The molecule has 1 atom stereocenters. The van der Waals surface area contributed by atoms with E-state index in [1.807, 2.05) is 37.4 Å². The highest BCUT2D eigenvalue weighted by Gasteiger charge is 2.21. The Labute approximate surface area is 183 Å². The van der Waals surface area contributed by atoms with Crippen molar-refractivity contribution in [2.45, 2.75) is 13.0 Å². The van der Waals surface area contributed by atoms with Crippen molar-refractivity contribution in [3.63, 3.8) is 0 Å². The molecule has 0 saturated heterocycles. The van der Waals surface area contributed by atoms with E-state index >= 15 is 0 Å². The predicted molar refractivity (Wildman–Crippen MR) is 121 cm³/mol. The number of aromatic nitrogens is 1. The number of rotatable bonds is 4. The molecular formula is C23H18FN5OS. The molecule has 8 heteroatoms. The van der Waals surface area contributed by atoms with E-state index in [1.54, 1.807) is 30.1 Å². The van der Waals surface area contributed by atoms with Gasteiger partial charge >= 0.3 is 0 Å². The van der Waals surface area contributed by atoms with Crippen LogP contribution < -0.4 is 10.6 Å². The van der Waals surface area contributed by atoms with E-state index in [4.69, 9.17) is 10.3 Å². The van der Waals surface area contributed by atoms with Gasteiger partial charge in [0.25, 0.3) is 5.91 Å². The van der Waals surface area contributed by atoms with Gasteiger partial charge in [0.1, 0.15) is 5.82 Å². The average molecular weight is 431 g/mol. The summed E-state index contributed by atoms with van der Waals surface area (Å²) in [5.74, 6) is -0.289. The Hall–Kier alpha value is -3.70. The molecule has 154 valence electrons. The normalized spacial score (nSPS) is 15.1. The highest BCUT2D eigenvalue weighted by Crippen LogP contribution is 2.31. The third-order valence-corrected chi connectivity index (χ3v) is 5.77. The number of amides is 1. The number of hydrogen-bond acceptors (Lipinski definition) is 6. The molecule has 1 aromatic heterocycles. The van der Waals surface area contributed by atoms with Crippen LogP contribution in [0, 0.1) is 24.1 Å². The molecule has 0 bridgehead atoms. The number of thioether (sulfide) groups is 1. The largest absolute Gasteiger partial charge is 0.335 e. The summed E-state index contributed by atoms with van der Waals surface area (Å²) >= 11 is 1.61. The zero-order chi connectivity index (χ0) is 21.8. The monoisotopic (exact) mass is 431 g/mol. The topological polar surface area (TPSA) is 90.2 Å². The summed E-state index contributed by atoms with van der Waals surface area (Å²) in [5.41, 5.74) is 3.36. The Morgan fingerprint density at radius 2 is 2.10 bits per heavy atom. The Morgan fingerprint density at radius 1 is 1.23 bits per heavy atom. The maximum atomic E-state index is 14.1. The molecule has 2 N–H and O–H groups in total. The zero-order valence-electron chi connectivity index (χ0n) is 16.6. The van der Waals surface area contributed by atoms with Gasteiger partial charge in [-0.25, -0.2) is 4.39 Å². The molecule has 1 unspecified atom stereocenters. The third kappa shape index (κ3) is 4.73. The molecule has 4 rings (SSSR count). The fraction of sp³-hybridized carbons (Fsp3) is 0.130. The van der Waals surface area contributed by atoms with Gasteiger partial charge in [0, 0.05) is 29.4 Å². The van der Waals surface area contributed by atoms with Gasteiger partial charge in [-0.1, -0.05) is 23.9 Å². The number of amidine groups is 1. The van der Waals surface area contributed by atoms with Gasteiger partial charge in [-0.3, -0.25) is 14.8 Å². The van der Waals surface area contributed by atoms with Crippen LogP contribution in [-0.4, -0.2) is 21.8 Å². The van der Waals surface area contributed by atoms with E-state index in [2.05, 4.69) is 15.6 Å². The minimum Gasteiger partial charge on any atom is -0.335 e. The Morgan fingerprint density at radius 3 is 2.84 bits per heavy atom. The number of nitrogens with zero attached hydrogens (tertiary/aromatic N) is 3. The fourth-order valence-corrected chi connectivity index (χ4v) is 4.05. The predicted octanol–water partition coefficient (Wildman–Crippen LogP) is 4.91. The second-order valence-corrected chi connectivity index (χ2v) is 7.97. The Kier molecular flexibility index (Phi) is 5.96. The summed E-state index contributed by atoms with van der Waals surface area (Å²) in [5, 5.41) is 15.5. The Bertz CT molecular complexity index is 1210. The van der Waals surface area contributed by atoms with Gasteiger partial charge in [0.2, 0.25) is 0 Å². The van der Waals surface area contributed by atoms with Crippen molar-refractivity contribution in [3.05, 3.63) is 89.0 Å². The first-order valence-electron chi connectivity index (χ1n) is 9.52. The summed E-state index contributed by atoms with van der Waals surface area (Å²) < 4.78 is 14.1. The van der Waals surface area contributed by atoms with Crippen molar-refractivity contribution in [2.75, 3.05) is 16.4 Å². The van der Waals surface area contributed by atoms with Crippen LogP contribution in [0.15, 0.2) is 65.9 Å². The second-order valence-electron chi connectivity index (χ2n) is 6.96. The summed E-state index contributed by atoms with van der Waals surface area (Å²) in [6, 6.07) is 14.9. The van der Waals surface area contributed by atoms with Gasteiger partial charge in [-0.2, -0.15) is 5.26 Å². The quantitative estimate of drug-likeness (QED) is 0.613. The van der Waals surface area contributed by atoms with Crippen molar-refractivity contribution < 1.29 is 9.18 Å². The molecule has 0 fully saturated rings. The van der Waals surface area contributed by atoms with Crippen LogP contribution >= 0.6 is 11.8 Å². The Balaban J connectivity index is 1.50. The number of nitriles is 1. The van der Waals surface area contributed by atoms with E-state index in [1.165, 1.54) is 12.1 Å². The molecule has 2 heterocycles. The lowest BCUT2D eigenvalue weighted by molar-refractivity contribution is 0.102. The van der Waals surface area contributed by atoms with Crippen molar-refractivity contribution in [2.24, 2.45) is 4.99 Å². The number of aryl methyl sites for hydroxylation is 1. The third-order valence-electron chi connectivity index (χ3n) is 4.81. The van der Waals surface area contributed by atoms with E-state index in [0.717, 1.165) is 33.8 Å². The summed E-state index contributed by atoms with van der Waals surface area (Å²) in [6.45, 7) is 1.93. The fourth-order valence-electron chi connectivity index (χ4n) is 3.08. The van der Waals surface area contributed by atoms with Crippen LogP contribution in [0.2, 0.25) is 0 Å². The number of halogens is 1. The number of carbonyl (C=O) groups excluding carboxylic acids is 1. The molecule has 0 saturated carbocycles. The number of carbonyl (C=O) groups is 1. The average Bonchev–Trinajstić information content (AvgIpc) is 3.25. The minimum atomic E-state index is -0.656. The highest BCUT2D eigenvalue weighted by atomic mass is 32.2. The molecule has 0 aliphatic carbocycles. The lowest BCUT2D eigenvalue weighted by atomic mass is 10.1. The molecule has 0 spiro atoms. The zero-order valence-corrected chi connectivity index (χ0v) is 17.4. The number of benzene rings is 2. The van der Waals surface area contributed by atoms with Crippen LogP contribution in [0.5, 0.6) is 0 Å². The number of pyridine rings is 1. The first kappa shape index (κ1) is 20.6. The minimum absolute atomic E-state index is 0.0223. The van der Waals surface area contributed by atoms with Crippen LogP contribution in [0.1, 0.15) is 33.1 Å². The molecule has 2 aromatic carbocycles. The van der Waals surface area contributed by atoms with Gasteiger partial charge in [-0.05, 0) is 54.4 Å². The van der Waals surface area contributed by atoms with Gasteiger partial charge in [-0.15, -0.1) is 0 Å². The van der Waals surface area contributed by atoms with E-state index in [9.17, 15) is 9.18 Å². The lowest BCUT2D eigenvalue weighted by Gasteiger charge is -2.12. The first-order chi connectivity index (χ1) is 15.0. The molecule has 1 aliphatic rings. The van der Waals surface area contributed by atoms with Gasteiger partial charge in [0.05, 0.1) is 23.4 Å². The highest BCUT2D eigenvalue weighted by molar-refractivity contribution is 8.14. The molecule has 1 amide bonds. The summed E-state index contributed by atoms with van der Waals surface area (Å²) in [6.07, 6.45) is 3.55. The standard InChI is InChI=1S/C23H18FN5OS/c1-14-4-6-16(22(30)27-19-7-5-15(11-25)9-18(19)24)10-20(14)28-23-29-21(13-31-23)17-3-2-8-26-12-17/h2-10,12,21H,13H2,1H3,(H,27,30)(H,28,29). The SMILES string of the molecule is Cc1ccc(C(=O)Nc2ccc(C#N)cc2F)cc1NC1=NC(c2cccnc2)CS1. The van der Waals surface area contributed by atoms with Crippen LogP contribution in [0.25, 0.3) is 0 Å². The molecule has 6 nitrogen and oxygen atoms in total. The maximum absolute atomic E-state index is 14.1. The van der Waals surface area contributed by atoms with Crippen molar-refractivity contribution in [1.82, 2.24) is 4.98 Å². The van der Waals surface area contributed by atoms with Gasteiger partial charge < -0.3 is 10.6 Å². The second kappa shape index (κ2) is 8.98. The maximum Gasteiger partial charge on any atom is 0.255 e. The molecular weight excluding hydrogens is 413 g/mol. The lowest BCUT2D eigenvalue weighted by Crippen LogP contribution is -2.14. The van der Waals surface area contributed by atoms with Crippen LogP contribution in [0.4, 0.5) is 15.8 Å². The van der Waals surface area contributed by atoms with Crippen molar-refractivity contribution in [1.29, 1.82) is 5.26 Å². The number of anilines is 2. The molecule has 31 heavy (non-hydrogen) atoms. The summed E-state index contributed by atoms with van der Waals surface area (Å²) in [4.78, 5) is 21.5. The van der Waals surface area contributed by atoms with Crippen LogP contribution in [-0.2, 0) is 0 Å². The number of nitrogens with one attached hydrogen (secondary N) is 2. The molecule has 1 aliphatic heterocycles. The van der Waals surface area contributed by atoms with Crippen molar-refractivity contribution >= 4 is 34.2 Å². The number of hydrogen-bond donors (Lipinski definition) is 2. The number of aliphatic imine (C=N–C) groups is 1. The van der Waals surface area contributed by atoms with Crippen molar-refractivity contribution in [3.8, 4) is 6.07 Å². The smallest absolute Gasteiger partial charge is 0.255 e. The van der Waals surface area contributed by atoms with E-state index < -0.39 is 11.7 Å². The molecule has 0 radical (unpaired) electrons. The first-order valence-corrected chi connectivity index (χ1v) is 10.5. The van der Waals surface area contributed by atoms with Crippen LogP contribution in [0.3, 0.4) is 0 Å². The van der Waals surface area contributed by atoms with E-state index in [-0.39, 0.29) is 17.3 Å². The van der Waals surface area contributed by atoms with E-state index in [0.29, 0.717) is 5.56 Å². The molecule has 3 aromatic rings.